The van der Waals surface area contributed by atoms with Gasteiger partial charge in [0.1, 0.15) is 11.9 Å². The van der Waals surface area contributed by atoms with Crippen LogP contribution in [-0.2, 0) is 6.54 Å². The summed E-state index contributed by atoms with van der Waals surface area (Å²) in [6, 6.07) is 0. The largest absolute Gasteiger partial charge is 0.478 e. The third-order valence-electron chi connectivity index (χ3n) is 3.31. The Hall–Kier alpha value is -1.53. The third-order valence-corrected chi connectivity index (χ3v) is 3.31. The van der Waals surface area contributed by atoms with E-state index in [-0.39, 0.29) is 5.56 Å². The fourth-order valence-corrected chi connectivity index (χ4v) is 2.14. The molecule has 1 aliphatic heterocycles. The minimum Gasteiger partial charge on any atom is -0.478 e. The lowest BCUT2D eigenvalue weighted by Gasteiger charge is -2.33. The van der Waals surface area contributed by atoms with Crippen LogP contribution in [0.1, 0.15) is 23.0 Å². The second kappa shape index (κ2) is 5.88. The van der Waals surface area contributed by atoms with Gasteiger partial charge in [-0.05, 0) is 6.54 Å². The van der Waals surface area contributed by atoms with Crippen LogP contribution < -0.4 is 0 Å². The molecular formula is C12H18N4O2. The van der Waals surface area contributed by atoms with Crippen LogP contribution >= 0.6 is 0 Å². The molecule has 0 unspecified atom stereocenters. The molecule has 0 radical (unpaired) electrons. The van der Waals surface area contributed by atoms with E-state index in [2.05, 4.69) is 26.7 Å². The highest BCUT2D eigenvalue weighted by molar-refractivity contribution is 5.88. The quantitative estimate of drug-likeness (QED) is 0.829. The Morgan fingerprint density at radius 2 is 2.00 bits per heavy atom. The number of hydrogen-bond acceptors (Lipinski definition) is 5. The molecule has 1 aliphatic rings. The van der Waals surface area contributed by atoms with Gasteiger partial charge in [0.15, 0.2) is 0 Å². The van der Waals surface area contributed by atoms with Crippen LogP contribution in [0.3, 0.4) is 0 Å². The molecule has 6 nitrogen and oxygen atoms in total. The van der Waals surface area contributed by atoms with Crippen molar-refractivity contribution < 1.29 is 9.90 Å². The second-order valence-electron chi connectivity index (χ2n) is 4.40. The number of likely N-dealkylation sites (N-methyl/N-ethyl adjacent to an activating group) is 1. The van der Waals surface area contributed by atoms with Crippen LogP contribution in [0.25, 0.3) is 0 Å². The van der Waals surface area contributed by atoms with E-state index in [9.17, 15) is 4.79 Å². The number of aromatic carboxylic acids is 1. The number of rotatable bonds is 4. The molecule has 0 bridgehead atoms. The summed E-state index contributed by atoms with van der Waals surface area (Å²) in [7, 11) is 0. The van der Waals surface area contributed by atoms with Gasteiger partial charge in [0.25, 0.3) is 0 Å². The standard InChI is InChI=1S/C12H18N4O2/c1-2-15-3-5-16(6-4-15)8-11-10(12(17)18)7-13-9-14-11/h7,9H,2-6,8H2,1H3,(H,17,18). The lowest BCUT2D eigenvalue weighted by Crippen LogP contribution is -2.45. The van der Waals surface area contributed by atoms with Crippen molar-refractivity contribution in [3.05, 3.63) is 23.8 Å². The first-order chi connectivity index (χ1) is 8.70. The topological polar surface area (TPSA) is 69.6 Å². The summed E-state index contributed by atoms with van der Waals surface area (Å²) < 4.78 is 0. The number of carboxylic acids is 1. The molecule has 1 aromatic rings. The van der Waals surface area contributed by atoms with E-state index in [1.54, 1.807) is 0 Å². The van der Waals surface area contributed by atoms with Crippen LogP contribution in [0, 0.1) is 0 Å². The maximum Gasteiger partial charge on any atom is 0.339 e. The van der Waals surface area contributed by atoms with Gasteiger partial charge in [-0.15, -0.1) is 0 Å². The van der Waals surface area contributed by atoms with Crippen molar-refractivity contribution in [1.29, 1.82) is 0 Å². The second-order valence-corrected chi connectivity index (χ2v) is 4.40. The summed E-state index contributed by atoms with van der Waals surface area (Å²) in [5, 5.41) is 9.07. The number of piperazine rings is 1. The van der Waals surface area contributed by atoms with Gasteiger partial charge in [0.05, 0.1) is 5.69 Å². The van der Waals surface area contributed by atoms with Crippen molar-refractivity contribution in [3.63, 3.8) is 0 Å². The Kier molecular flexibility index (Phi) is 4.22. The number of hydrogen-bond donors (Lipinski definition) is 1. The molecule has 98 valence electrons. The molecule has 2 heterocycles. The van der Waals surface area contributed by atoms with Gasteiger partial charge in [-0.25, -0.2) is 14.8 Å². The van der Waals surface area contributed by atoms with Crippen molar-refractivity contribution >= 4 is 5.97 Å². The zero-order chi connectivity index (χ0) is 13.0. The summed E-state index contributed by atoms with van der Waals surface area (Å²) in [5.41, 5.74) is 0.804. The smallest absolute Gasteiger partial charge is 0.339 e. The van der Waals surface area contributed by atoms with Crippen LogP contribution in [0.5, 0.6) is 0 Å². The van der Waals surface area contributed by atoms with Crippen molar-refractivity contribution in [2.24, 2.45) is 0 Å². The van der Waals surface area contributed by atoms with Gasteiger partial charge in [-0.3, -0.25) is 4.90 Å². The lowest BCUT2D eigenvalue weighted by molar-refractivity contribution is 0.0691. The minimum atomic E-state index is -0.960. The van der Waals surface area contributed by atoms with E-state index in [0.29, 0.717) is 12.2 Å². The molecule has 0 atom stereocenters. The van der Waals surface area contributed by atoms with Crippen molar-refractivity contribution in [3.8, 4) is 0 Å². The summed E-state index contributed by atoms with van der Waals surface area (Å²) in [6.07, 6.45) is 2.77. The molecule has 0 saturated carbocycles. The Bertz CT molecular complexity index is 416. The average molecular weight is 250 g/mol. The molecular weight excluding hydrogens is 232 g/mol. The molecule has 0 amide bonds. The van der Waals surface area contributed by atoms with Gasteiger partial charge in [0, 0.05) is 38.9 Å². The van der Waals surface area contributed by atoms with E-state index >= 15 is 0 Å². The summed E-state index contributed by atoms with van der Waals surface area (Å²) >= 11 is 0. The van der Waals surface area contributed by atoms with Crippen LogP contribution in [-0.4, -0.2) is 63.6 Å². The summed E-state index contributed by atoms with van der Waals surface area (Å²) in [4.78, 5) is 23.5. The first-order valence-electron chi connectivity index (χ1n) is 6.17. The number of nitrogens with zero attached hydrogens (tertiary/aromatic N) is 4. The Labute approximate surface area is 106 Å². The first-order valence-corrected chi connectivity index (χ1v) is 6.17. The lowest BCUT2D eigenvalue weighted by atomic mass is 10.2. The summed E-state index contributed by atoms with van der Waals surface area (Å²) in [6.45, 7) is 7.79. The maximum absolute atomic E-state index is 11.1. The third kappa shape index (κ3) is 3.02. The highest BCUT2D eigenvalue weighted by atomic mass is 16.4. The number of carbonyl (C=O) groups is 1. The van der Waals surface area contributed by atoms with Gasteiger partial charge < -0.3 is 10.0 Å². The van der Waals surface area contributed by atoms with Crippen LogP contribution in [0.15, 0.2) is 12.5 Å². The monoisotopic (exact) mass is 250 g/mol. The first kappa shape index (κ1) is 12.9. The maximum atomic E-state index is 11.1. The fourth-order valence-electron chi connectivity index (χ4n) is 2.14. The van der Waals surface area contributed by atoms with Crippen LogP contribution in [0.2, 0.25) is 0 Å². The molecule has 1 fully saturated rings. The van der Waals surface area contributed by atoms with Crippen LogP contribution in [0.4, 0.5) is 0 Å². The zero-order valence-corrected chi connectivity index (χ0v) is 10.5. The average Bonchev–Trinajstić information content (AvgIpc) is 2.40. The molecule has 0 aliphatic carbocycles. The molecule has 0 aromatic carbocycles. The predicted molar refractivity (Wildman–Crippen MR) is 66.4 cm³/mol. The van der Waals surface area contributed by atoms with Crippen molar-refractivity contribution in [2.45, 2.75) is 13.5 Å². The van der Waals surface area contributed by atoms with Crippen molar-refractivity contribution in [1.82, 2.24) is 19.8 Å². The molecule has 6 heteroatoms. The molecule has 2 rings (SSSR count). The Morgan fingerprint density at radius 1 is 1.33 bits per heavy atom. The normalized spacial score (nSPS) is 17.8. The number of carboxylic acid groups (broad SMARTS) is 1. The Morgan fingerprint density at radius 3 is 2.61 bits per heavy atom. The highest BCUT2D eigenvalue weighted by Crippen LogP contribution is 2.10. The minimum absolute atomic E-state index is 0.204. The van der Waals surface area contributed by atoms with Crippen molar-refractivity contribution in [2.75, 3.05) is 32.7 Å². The Balaban J connectivity index is 2.00. The predicted octanol–water partition coefficient (Wildman–Crippen LogP) is 0.312. The zero-order valence-electron chi connectivity index (χ0n) is 10.5. The number of aromatic nitrogens is 2. The van der Waals surface area contributed by atoms with Gasteiger partial charge in [-0.1, -0.05) is 6.92 Å². The van der Waals surface area contributed by atoms with E-state index in [4.69, 9.17) is 5.11 Å². The molecule has 18 heavy (non-hydrogen) atoms. The van der Waals surface area contributed by atoms with E-state index in [1.165, 1.54) is 12.5 Å². The molecule has 1 saturated heterocycles. The van der Waals surface area contributed by atoms with Gasteiger partial charge in [-0.2, -0.15) is 0 Å². The highest BCUT2D eigenvalue weighted by Gasteiger charge is 2.19. The molecule has 1 N–H and O–H groups in total. The molecule has 1 aromatic heterocycles. The van der Waals surface area contributed by atoms with E-state index in [0.717, 1.165) is 32.7 Å². The van der Waals surface area contributed by atoms with E-state index in [1.807, 2.05) is 0 Å². The van der Waals surface area contributed by atoms with Gasteiger partial charge >= 0.3 is 5.97 Å². The SMILES string of the molecule is CCN1CCN(Cc2ncncc2C(=O)O)CC1. The summed E-state index contributed by atoms with van der Waals surface area (Å²) in [5.74, 6) is -0.960. The van der Waals surface area contributed by atoms with E-state index < -0.39 is 5.97 Å². The molecule has 0 spiro atoms. The van der Waals surface area contributed by atoms with Gasteiger partial charge in [0.2, 0.25) is 0 Å². The fraction of sp³-hybridized carbons (Fsp3) is 0.583.